The van der Waals surface area contributed by atoms with Gasteiger partial charge >= 0.3 is 6.18 Å². The van der Waals surface area contributed by atoms with Gasteiger partial charge in [0.1, 0.15) is 5.82 Å². The molecular weight excluding hydrogens is 234 g/mol. The molecule has 0 amide bonds. The first kappa shape index (κ1) is 12.4. The van der Waals surface area contributed by atoms with E-state index in [1.807, 2.05) is 0 Å². The van der Waals surface area contributed by atoms with Crippen LogP contribution in [0.15, 0.2) is 18.2 Å². The van der Waals surface area contributed by atoms with Gasteiger partial charge in [-0.05, 0) is 30.0 Å². The lowest BCUT2D eigenvalue weighted by Gasteiger charge is -2.10. The molecule has 0 saturated heterocycles. The van der Waals surface area contributed by atoms with Gasteiger partial charge in [-0.2, -0.15) is 13.2 Å². The molecule has 0 heterocycles. The van der Waals surface area contributed by atoms with Crippen LogP contribution >= 0.6 is 0 Å². The first-order chi connectivity index (χ1) is 7.88. The van der Waals surface area contributed by atoms with Crippen molar-refractivity contribution in [2.45, 2.75) is 32.1 Å². The first-order valence-corrected chi connectivity index (χ1v) is 5.47. The molecule has 1 aromatic rings. The number of benzene rings is 1. The lowest BCUT2D eigenvalue weighted by atomic mass is 10.1. The van der Waals surface area contributed by atoms with Crippen LogP contribution < -0.4 is 5.32 Å². The monoisotopic (exact) mass is 247 g/mol. The zero-order chi connectivity index (χ0) is 12.6. The summed E-state index contributed by atoms with van der Waals surface area (Å²) in [6.45, 7) is 2.42. The molecule has 0 spiro atoms. The summed E-state index contributed by atoms with van der Waals surface area (Å²) in [4.78, 5) is 0. The highest BCUT2D eigenvalue weighted by molar-refractivity contribution is 5.27. The smallest absolute Gasteiger partial charge is 0.310 e. The van der Waals surface area contributed by atoms with E-state index in [0.717, 1.165) is 18.6 Å². The highest BCUT2D eigenvalue weighted by Gasteiger charge is 2.35. The average Bonchev–Trinajstić information content (AvgIpc) is 2.92. The Morgan fingerprint density at radius 2 is 2.00 bits per heavy atom. The van der Waals surface area contributed by atoms with E-state index in [1.54, 1.807) is 0 Å². The molecule has 1 saturated carbocycles. The fraction of sp³-hybridized carbons (Fsp3) is 0.500. The van der Waals surface area contributed by atoms with Gasteiger partial charge in [0.15, 0.2) is 0 Å². The molecular formula is C12H13F4N. The number of halogens is 4. The molecule has 0 radical (unpaired) electrons. The summed E-state index contributed by atoms with van der Waals surface area (Å²) in [6.07, 6.45) is -3.58. The lowest BCUT2D eigenvalue weighted by molar-refractivity contribution is -0.140. The molecule has 1 aliphatic rings. The minimum atomic E-state index is -4.63. The first-order valence-electron chi connectivity index (χ1n) is 5.47. The van der Waals surface area contributed by atoms with Crippen molar-refractivity contribution in [3.05, 3.63) is 35.1 Å². The summed E-state index contributed by atoms with van der Waals surface area (Å²) < 4.78 is 50.3. The number of rotatable bonds is 3. The molecule has 5 heteroatoms. The van der Waals surface area contributed by atoms with E-state index in [4.69, 9.17) is 0 Å². The Kier molecular flexibility index (Phi) is 3.12. The Morgan fingerprint density at radius 3 is 2.53 bits per heavy atom. The topological polar surface area (TPSA) is 12.0 Å². The number of nitrogens with one attached hydrogen (secondary N) is 1. The van der Waals surface area contributed by atoms with Crippen LogP contribution in [0.1, 0.15) is 24.5 Å². The van der Waals surface area contributed by atoms with Gasteiger partial charge < -0.3 is 5.32 Å². The molecule has 17 heavy (non-hydrogen) atoms. The van der Waals surface area contributed by atoms with E-state index < -0.39 is 17.6 Å². The van der Waals surface area contributed by atoms with E-state index in [2.05, 4.69) is 12.2 Å². The Labute approximate surface area is 96.8 Å². The van der Waals surface area contributed by atoms with Crippen molar-refractivity contribution in [1.82, 2.24) is 5.32 Å². The molecule has 1 aliphatic carbocycles. The Balaban J connectivity index is 2.08. The van der Waals surface area contributed by atoms with Gasteiger partial charge in [0, 0.05) is 12.6 Å². The fourth-order valence-corrected chi connectivity index (χ4v) is 1.76. The van der Waals surface area contributed by atoms with E-state index in [9.17, 15) is 17.6 Å². The minimum absolute atomic E-state index is 0.346. The zero-order valence-corrected chi connectivity index (χ0v) is 9.31. The molecule has 1 fully saturated rings. The Morgan fingerprint density at radius 1 is 1.35 bits per heavy atom. The standard InChI is InChI=1S/C12H13F4N/c1-7-4-11(7)17-6-8-2-3-10(13)9(5-8)12(14,15)16/h2-3,5,7,11,17H,4,6H2,1H3. The zero-order valence-electron chi connectivity index (χ0n) is 9.31. The van der Waals surface area contributed by atoms with E-state index in [0.29, 0.717) is 24.1 Å². The highest BCUT2D eigenvalue weighted by atomic mass is 19.4. The van der Waals surface area contributed by atoms with Gasteiger partial charge in [0.05, 0.1) is 5.56 Å². The summed E-state index contributed by atoms with van der Waals surface area (Å²) in [5.74, 6) is -0.640. The third-order valence-electron chi connectivity index (χ3n) is 3.01. The molecule has 0 bridgehead atoms. The van der Waals surface area contributed by atoms with Gasteiger partial charge in [-0.15, -0.1) is 0 Å². The summed E-state index contributed by atoms with van der Waals surface area (Å²) in [5.41, 5.74) is -0.738. The van der Waals surface area contributed by atoms with Gasteiger partial charge in [-0.25, -0.2) is 4.39 Å². The molecule has 0 aromatic heterocycles. The Hall–Kier alpha value is -1.10. The summed E-state index contributed by atoms with van der Waals surface area (Å²) in [6, 6.07) is 3.50. The largest absolute Gasteiger partial charge is 0.419 e. The van der Waals surface area contributed by atoms with Gasteiger partial charge in [0.2, 0.25) is 0 Å². The van der Waals surface area contributed by atoms with Gasteiger partial charge in [-0.1, -0.05) is 13.0 Å². The SMILES string of the molecule is CC1CC1NCc1ccc(F)c(C(F)(F)F)c1. The molecule has 1 nitrogen and oxygen atoms in total. The average molecular weight is 247 g/mol. The summed E-state index contributed by atoms with van der Waals surface area (Å²) in [5, 5.41) is 3.13. The second kappa shape index (κ2) is 4.29. The maximum atomic E-state index is 13.0. The van der Waals surface area contributed by atoms with Crippen molar-refractivity contribution >= 4 is 0 Å². The molecule has 2 rings (SSSR count). The second-order valence-corrected chi connectivity index (χ2v) is 4.51. The molecule has 1 aromatic carbocycles. The van der Waals surface area contributed by atoms with Crippen LogP contribution in [0.4, 0.5) is 17.6 Å². The summed E-state index contributed by atoms with van der Waals surface area (Å²) >= 11 is 0. The van der Waals surface area contributed by atoms with Crippen LogP contribution in [0.25, 0.3) is 0 Å². The maximum Gasteiger partial charge on any atom is 0.419 e. The summed E-state index contributed by atoms with van der Waals surface area (Å²) in [7, 11) is 0. The third-order valence-corrected chi connectivity index (χ3v) is 3.01. The van der Waals surface area contributed by atoms with E-state index in [1.165, 1.54) is 6.07 Å². The second-order valence-electron chi connectivity index (χ2n) is 4.51. The van der Waals surface area contributed by atoms with Crippen molar-refractivity contribution in [2.75, 3.05) is 0 Å². The number of hydrogen-bond donors (Lipinski definition) is 1. The lowest BCUT2D eigenvalue weighted by Crippen LogP contribution is -2.18. The van der Waals surface area contributed by atoms with E-state index >= 15 is 0 Å². The number of alkyl halides is 3. The van der Waals surface area contributed by atoms with E-state index in [-0.39, 0.29) is 0 Å². The molecule has 0 aliphatic heterocycles. The predicted molar refractivity (Wildman–Crippen MR) is 55.8 cm³/mol. The molecule has 94 valence electrons. The van der Waals surface area contributed by atoms with Crippen molar-refractivity contribution in [1.29, 1.82) is 0 Å². The van der Waals surface area contributed by atoms with Crippen LogP contribution in [-0.4, -0.2) is 6.04 Å². The van der Waals surface area contributed by atoms with Crippen molar-refractivity contribution in [3.63, 3.8) is 0 Å². The van der Waals surface area contributed by atoms with Crippen LogP contribution in [-0.2, 0) is 12.7 Å². The highest BCUT2D eigenvalue weighted by Crippen LogP contribution is 2.32. The van der Waals surface area contributed by atoms with Gasteiger partial charge in [-0.3, -0.25) is 0 Å². The van der Waals surface area contributed by atoms with Crippen LogP contribution in [0.3, 0.4) is 0 Å². The normalized spacial score (nSPS) is 23.8. The van der Waals surface area contributed by atoms with Gasteiger partial charge in [0.25, 0.3) is 0 Å². The van der Waals surface area contributed by atoms with Crippen LogP contribution in [0, 0.1) is 11.7 Å². The predicted octanol–water partition coefficient (Wildman–Crippen LogP) is 3.34. The molecule has 2 unspecified atom stereocenters. The third kappa shape index (κ3) is 2.97. The van der Waals surface area contributed by atoms with Crippen molar-refractivity contribution < 1.29 is 17.6 Å². The quantitative estimate of drug-likeness (QED) is 0.808. The van der Waals surface area contributed by atoms with Crippen LogP contribution in [0.2, 0.25) is 0 Å². The van der Waals surface area contributed by atoms with Crippen molar-refractivity contribution in [2.24, 2.45) is 5.92 Å². The fourth-order valence-electron chi connectivity index (χ4n) is 1.76. The molecule has 1 N–H and O–H groups in total. The number of hydrogen-bond acceptors (Lipinski definition) is 1. The van der Waals surface area contributed by atoms with Crippen molar-refractivity contribution in [3.8, 4) is 0 Å². The Bertz CT molecular complexity index is 413. The maximum absolute atomic E-state index is 13.0. The van der Waals surface area contributed by atoms with Crippen LogP contribution in [0.5, 0.6) is 0 Å². The molecule has 2 atom stereocenters. The minimum Gasteiger partial charge on any atom is -0.310 e.